The molecule has 14 heavy (non-hydrogen) atoms. The Kier molecular flexibility index (Phi) is 3.71. The number of halogens is 1. The summed E-state index contributed by atoms with van der Waals surface area (Å²) in [6, 6.07) is -0.00347. The number of hydrogen-bond acceptors (Lipinski definition) is 4. The van der Waals surface area contributed by atoms with Crippen LogP contribution in [0.4, 0.5) is 4.79 Å². The van der Waals surface area contributed by atoms with Gasteiger partial charge in [-0.05, 0) is 19.4 Å². The van der Waals surface area contributed by atoms with E-state index in [0.717, 1.165) is 19.4 Å². The molecule has 0 aliphatic carbocycles. The van der Waals surface area contributed by atoms with Crippen molar-refractivity contribution in [2.45, 2.75) is 18.9 Å². The fourth-order valence-corrected chi connectivity index (χ4v) is 1.77. The van der Waals surface area contributed by atoms with Crippen molar-refractivity contribution in [1.82, 2.24) is 10.2 Å². The van der Waals surface area contributed by atoms with Crippen molar-refractivity contribution < 1.29 is 14.3 Å². The number of rotatable bonds is 1. The molecule has 0 bridgehead atoms. The summed E-state index contributed by atoms with van der Waals surface area (Å²) in [5, 5.41) is 3.15. The van der Waals surface area contributed by atoms with E-state index in [-0.39, 0.29) is 31.0 Å². The molecule has 0 spiro atoms. The first-order valence-corrected chi connectivity index (χ1v) is 4.48. The summed E-state index contributed by atoms with van der Waals surface area (Å²) in [5.41, 5.74) is 0. The van der Waals surface area contributed by atoms with Gasteiger partial charge in [-0.15, -0.1) is 12.4 Å². The number of carbonyl (C=O) groups excluding carboxylic acids is 2. The number of ether oxygens (including phenoxy) is 1. The topological polar surface area (TPSA) is 58.6 Å². The van der Waals surface area contributed by atoms with Crippen LogP contribution in [0.2, 0.25) is 0 Å². The molecule has 0 aromatic rings. The molecule has 80 valence electrons. The number of nitrogens with one attached hydrogen (secondary N) is 1. The highest BCUT2D eigenvalue weighted by atomic mass is 35.5. The highest BCUT2D eigenvalue weighted by Crippen LogP contribution is 2.15. The second-order valence-corrected chi connectivity index (χ2v) is 3.32. The van der Waals surface area contributed by atoms with E-state index in [9.17, 15) is 9.59 Å². The number of piperidine rings is 1. The SMILES string of the molecule is Cl.O=C1COC(=O)N1C1CCCNC1. The molecule has 2 saturated heterocycles. The average molecular weight is 221 g/mol. The predicted octanol–water partition coefficient (Wildman–Crippen LogP) is 0.139. The predicted molar refractivity (Wildman–Crippen MR) is 51.3 cm³/mol. The molecule has 2 fully saturated rings. The molecule has 1 atom stereocenters. The smallest absolute Gasteiger partial charge is 0.417 e. The lowest BCUT2D eigenvalue weighted by Crippen LogP contribution is -2.48. The summed E-state index contributed by atoms with van der Waals surface area (Å²) < 4.78 is 4.64. The summed E-state index contributed by atoms with van der Waals surface area (Å²) >= 11 is 0. The largest absolute Gasteiger partial charge is 0.439 e. The molecule has 5 nitrogen and oxygen atoms in total. The standard InChI is InChI=1S/C8H12N2O3.ClH/c11-7-5-13-8(12)10(7)6-2-1-3-9-4-6;/h6,9H,1-5H2;1H. The van der Waals surface area contributed by atoms with Gasteiger partial charge < -0.3 is 10.1 Å². The maximum absolute atomic E-state index is 11.2. The van der Waals surface area contributed by atoms with E-state index in [1.807, 2.05) is 0 Å². The number of nitrogens with zero attached hydrogens (tertiary/aromatic N) is 1. The Morgan fingerprint density at radius 1 is 1.43 bits per heavy atom. The van der Waals surface area contributed by atoms with E-state index in [1.54, 1.807) is 0 Å². The monoisotopic (exact) mass is 220 g/mol. The summed E-state index contributed by atoms with van der Waals surface area (Å²) in [5.74, 6) is -0.210. The lowest BCUT2D eigenvalue weighted by Gasteiger charge is -2.27. The van der Waals surface area contributed by atoms with Gasteiger partial charge in [-0.2, -0.15) is 0 Å². The highest BCUT2D eigenvalue weighted by molar-refractivity contribution is 5.98. The highest BCUT2D eigenvalue weighted by Gasteiger charge is 2.37. The van der Waals surface area contributed by atoms with Gasteiger partial charge >= 0.3 is 6.09 Å². The van der Waals surface area contributed by atoms with Gasteiger partial charge in [0.15, 0.2) is 6.61 Å². The van der Waals surface area contributed by atoms with Crippen LogP contribution < -0.4 is 5.32 Å². The molecule has 2 aliphatic rings. The Morgan fingerprint density at radius 3 is 2.71 bits per heavy atom. The first-order valence-electron chi connectivity index (χ1n) is 4.48. The molecule has 1 N–H and O–H groups in total. The minimum atomic E-state index is -0.487. The van der Waals surface area contributed by atoms with E-state index < -0.39 is 6.09 Å². The third-order valence-electron chi connectivity index (χ3n) is 2.42. The van der Waals surface area contributed by atoms with Crippen LogP contribution in [0.25, 0.3) is 0 Å². The second-order valence-electron chi connectivity index (χ2n) is 3.32. The molecule has 2 amide bonds. The van der Waals surface area contributed by atoms with Crippen molar-refractivity contribution in [2.75, 3.05) is 19.7 Å². The summed E-state index contributed by atoms with van der Waals surface area (Å²) in [7, 11) is 0. The molecular weight excluding hydrogens is 208 g/mol. The van der Waals surface area contributed by atoms with Crippen LogP contribution in [-0.2, 0) is 9.53 Å². The van der Waals surface area contributed by atoms with E-state index in [2.05, 4.69) is 10.1 Å². The Bertz CT molecular complexity index is 225. The first kappa shape index (κ1) is 11.3. The van der Waals surface area contributed by atoms with Crippen molar-refractivity contribution in [2.24, 2.45) is 0 Å². The molecule has 2 aliphatic heterocycles. The Labute approximate surface area is 88.2 Å². The molecule has 2 rings (SSSR count). The second kappa shape index (κ2) is 4.61. The summed E-state index contributed by atoms with van der Waals surface area (Å²) in [6.07, 6.45) is 1.40. The van der Waals surface area contributed by atoms with Crippen molar-refractivity contribution >= 4 is 24.4 Å². The van der Waals surface area contributed by atoms with Gasteiger partial charge in [0.05, 0.1) is 6.04 Å². The van der Waals surface area contributed by atoms with Gasteiger partial charge in [0.25, 0.3) is 5.91 Å². The molecule has 0 saturated carbocycles. The third kappa shape index (κ3) is 1.99. The van der Waals surface area contributed by atoms with Crippen molar-refractivity contribution in [3.05, 3.63) is 0 Å². The van der Waals surface area contributed by atoms with Gasteiger partial charge in [0.1, 0.15) is 0 Å². The van der Waals surface area contributed by atoms with Crippen molar-refractivity contribution in [3.63, 3.8) is 0 Å². The molecule has 2 heterocycles. The van der Waals surface area contributed by atoms with E-state index >= 15 is 0 Å². The fourth-order valence-electron chi connectivity index (χ4n) is 1.77. The van der Waals surface area contributed by atoms with Gasteiger partial charge in [-0.1, -0.05) is 0 Å². The number of hydrogen-bond donors (Lipinski definition) is 1. The van der Waals surface area contributed by atoms with Crippen LogP contribution in [0.5, 0.6) is 0 Å². The van der Waals surface area contributed by atoms with Crippen LogP contribution in [0.15, 0.2) is 0 Å². The summed E-state index contributed by atoms with van der Waals surface area (Å²) in [4.78, 5) is 23.6. The van der Waals surface area contributed by atoms with E-state index in [0.29, 0.717) is 6.54 Å². The van der Waals surface area contributed by atoms with E-state index in [1.165, 1.54) is 4.90 Å². The molecule has 0 aromatic carbocycles. The molecular formula is C8H13ClN2O3. The fraction of sp³-hybridized carbons (Fsp3) is 0.750. The van der Waals surface area contributed by atoms with Gasteiger partial charge in [-0.3, -0.25) is 4.79 Å². The van der Waals surface area contributed by atoms with Gasteiger partial charge in [-0.25, -0.2) is 9.69 Å². The quantitative estimate of drug-likeness (QED) is 0.683. The van der Waals surface area contributed by atoms with Crippen LogP contribution in [-0.4, -0.2) is 42.6 Å². The number of amides is 2. The zero-order valence-corrected chi connectivity index (χ0v) is 8.51. The van der Waals surface area contributed by atoms with Crippen molar-refractivity contribution in [3.8, 4) is 0 Å². The third-order valence-corrected chi connectivity index (χ3v) is 2.42. The Balaban J connectivity index is 0.000000980. The minimum Gasteiger partial charge on any atom is -0.439 e. The zero-order valence-electron chi connectivity index (χ0n) is 7.69. The van der Waals surface area contributed by atoms with Crippen LogP contribution in [0.1, 0.15) is 12.8 Å². The molecule has 1 unspecified atom stereocenters. The van der Waals surface area contributed by atoms with Crippen molar-refractivity contribution in [1.29, 1.82) is 0 Å². The lowest BCUT2D eigenvalue weighted by atomic mass is 10.1. The number of cyclic esters (lactones) is 1. The van der Waals surface area contributed by atoms with Crippen LogP contribution in [0, 0.1) is 0 Å². The number of carbonyl (C=O) groups is 2. The first-order chi connectivity index (χ1) is 6.29. The molecule has 6 heteroatoms. The maximum Gasteiger partial charge on any atom is 0.417 e. The zero-order chi connectivity index (χ0) is 9.26. The normalized spacial score (nSPS) is 27.1. The molecule has 0 radical (unpaired) electrons. The average Bonchev–Trinajstić information content (AvgIpc) is 2.48. The van der Waals surface area contributed by atoms with Gasteiger partial charge in [0.2, 0.25) is 0 Å². The lowest BCUT2D eigenvalue weighted by molar-refractivity contribution is -0.127. The molecule has 0 aromatic heterocycles. The number of imide groups is 1. The van der Waals surface area contributed by atoms with Crippen LogP contribution >= 0.6 is 12.4 Å². The minimum absolute atomic E-state index is 0. The van der Waals surface area contributed by atoms with Gasteiger partial charge in [0, 0.05) is 6.54 Å². The Morgan fingerprint density at radius 2 is 2.21 bits per heavy atom. The maximum atomic E-state index is 11.2. The Hall–Kier alpha value is -0.810. The summed E-state index contributed by atoms with van der Waals surface area (Å²) in [6.45, 7) is 1.57. The van der Waals surface area contributed by atoms with Crippen LogP contribution in [0.3, 0.4) is 0 Å². The van der Waals surface area contributed by atoms with E-state index in [4.69, 9.17) is 0 Å².